The van der Waals surface area contributed by atoms with Crippen molar-refractivity contribution in [3.05, 3.63) is 75.7 Å². The average molecular weight is 449 g/mol. The summed E-state index contributed by atoms with van der Waals surface area (Å²) in [7, 11) is 0. The van der Waals surface area contributed by atoms with Gasteiger partial charge in [0.1, 0.15) is 6.61 Å². The fraction of sp³-hybridized carbons (Fsp3) is 0.320. The molecule has 2 aliphatic rings. The zero-order valence-electron chi connectivity index (χ0n) is 17.6. The van der Waals surface area contributed by atoms with Gasteiger partial charge in [0.2, 0.25) is 0 Å². The third-order valence-electron chi connectivity index (χ3n) is 6.35. The first kappa shape index (κ1) is 20.7. The van der Waals surface area contributed by atoms with Gasteiger partial charge in [-0.2, -0.15) is 0 Å². The van der Waals surface area contributed by atoms with E-state index in [-0.39, 0.29) is 23.6 Å². The van der Waals surface area contributed by atoms with Crippen molar-refractivity contribution in [1.82, 2.24) is 9.88 Å². The summed E-state index contributed by atoms with van der Waals surface area (Å²) in [4.78, 5) is 29.9. The summed E-state index contributed by atoms with van der Waals surface area (Å²) in [6.07, 6.45) is 2.31. The van der Waals surface area contributed by atoms with Crippen LogP contribution in [-0.4, -0.2) is 46.7 Å². The number of nitrogens with zero attached hydrogens (tertiary/aromatic N) is 2. The summed E-state index contributed by atoms with van der Waals surface area (Å²) in [5, 5.41) is 11.4. The van der Waals surface area contributed by atoms with Crippen molar-refractivity contribution in [3.63, 3.8) is 0 Å². The van der Waals surface area contributed by atoms with Gasteiger partial charge in [-0.05, 0) is 41.0 Å². The summed E-state index contributed by atoms with van der Waals surface area (Å²) < 4.78 is 5.81. The number of carboxylic acid groups (broad SMARTS) is 1. The number of rotatable bonds is 5. The zero-order valence-corrected chi connectivity index (χ0v) is 18.4. The number of carboxylic acids is 1. The molecule has 1 unspecified atom stereocenters. The average Bonchev–Trinajstić information content (AvgIpc) is 3.41. The minimum Gasteiger partial charge on any atom is -0.476 e. The van der Waals surface area contributed by atoms with E-state index in [0.29, 0.717) is 26.1 Å². The van der Waals surface area contributed by atoms with Gasteiger partial charge in [-0.25, -0.2) is 14.6 Å². The number of piperidine rings is 1. The topological polar surface area (TPSA) is 79.7 Å². The molecule has 0 bridgehead atoms. The zero-order chi connectivity index (χ0) is 22.1. The Bertz CT molecular complexity index is 1110. The van der Waals surface area contributed by atoms with Crippen molar-refractivity contribution >= 4 is 23.4 Å². The highest BCUT2D eigenvalue weighted by atomic mass is 32.1. The molecular formula is C25H24N2O4S. The highest BCUT2D eigenvalue weighted by molar-refractivity contribution is 7.09. The molecule has 7 heteroatoms. The summed E-state index contributed by atoms with van der Waals surface area (Å²) in [6.45, 7) is 1.62. The van der Waals surface area contributed by atoms with Gasteiger partial charge in [0.15, 0.2) is 5.69 Å². The second-order valence-electron chi connectivity index (χ2n) is 8.39. The van der Waals surface area contributed by atoms with Crippen LogP contribution in [0, 0.1) is 5.92 Å². The van der Waals surface area contributed by atoms with Crippen LogP contribution in [0.15, 0.2) is 53.9 Å². The second-order valence-corrected chi connectivity index (χ2v) is 9.34. The molecule has 2 heterocycles. The van der Waals surface area contributed by atoms with Gasteiger partial charge in [0.05, 0.1) is 5.01 Å². The van der Waals surface area contributed by atoms with E-state index in [1.54, 1.807) is 10.3 Å². The van der Waals surface area contributed by atoms with Crippen LogP contribution in [0.2, 0.25) is 0 Å². The number of carbonyl (C=O) groups excluding carboxylic acids is 1. The molecule has 1 fully saturated rings. The maximum atomic E-state index is 12.9. The lowest BCUT2D eigenvalue weighted by Gasteiger charge is -2.32. The molecule has 1 aromatic heterocycles. The lowest BCUT2D eigenvalue weighted by molar-refractivity contribution is 0.0691. The third-order valence-corrected chi connectivity index (χ3v) is 7.22. The summed E-state index contributed by atoms with van der Waals surface area (Å²) in [6, 6.07) is 16.6. The van der Waals surface area contributed by atoms with Crippen LogP contribution >= 0.6 is 11.3 Å². The molecule has 1 aliphatic heterocycles. The standard InChI is InChI=1S/C25H24N2O4S/c28-24(29)22-15-32-23(26-22)12-16-6-5-11-27(13-16)25(30)31-14-21-19-9-3-1-7-17(19)18-8-2-4-10-20(18)21/h1-4,7-10,15-16,21H,5-6,11-14H2,(H,28,29). The lowest BCUT2D eigenvalue weighted by atomic mass is 9.95. The summed E-state index contributed by atoms with van der Waals surface area (Å²) in [5.74, 6) is -0.690. The number of hydrogen-bond donors (Lipinski definition) is 1. The van der Waals surface area contributed by atoms with Gasteiger partial charge in [0, 0.05) is 30.8 Å². The molecule has 2 aromatic carbocycles. The number of amides is 1. The first-order chi connectivity index (χ1) is 15.6. The number of aromatic carboxylic acids is 1. The summed E-state index contributed by atoms with van der Waals surface area (Å²) in [5.41, 5.74) is 4.93. The molecule has 0 spiro atoms. The quantitative estimate of drug-likeness (QED) is 0.591. The first-order valence-corrected chi connectivity index (χ1v) is 11.8. The van der Waals surface area contributed by atoms with Crippen LogP contribution in [0.25, 0.3) is 11.1 Å². The van der Waals surface area contributed by atoms with Crippen molar-refractivity contribution in [2.24, 2.45) is 5.92 Å². The third kappa shape index (κ3) is 4.00. The normalized spacial score (nSPS) is 17.6. The number of likely N-dealkylation sites (tertiary alicyclic amines) is 1. The van der Waals surface area contributed by atoms with Crippen LogP contribution < -0.4 is 0 Å². The predicted molar refractivity (Wildman–Crippen MR) is 122 cm³/mol. The van der Waals surface area contributed by atoms with Crippen molar-refractivity contribution in [2.75, 3.05) is 19.7 Å². The van der Waals surface area contributed by atoms with Crippen LogP contribution in [0.4, 0.5) is 4.79 Å². The second kappa shape index (κ2) is 8.74. The molecule has 1 saturated heterocycles. The predicted octanol–water partition coefficient (Wildman–Crippen LogP) is 5.04. The molecule has 1 amide bonds. The first-order valence-electron chi connectivity index (χ1n) is 10.9. The maximum Gasteiger partial charge on any atom is 0.409 e. The van der Waals surface area contributed by atoms with E-state index >= 15 is 0 Å². The molecule has 1 atom stereocenters. The molecule has 3 aromatic rings. The molecular weight excluding hydrogens is 424 g/mol. The Morgan fingerprint density at radius 1 is 1.09 bits per heavy atom. The molecule has 0 radical (unpaired) electrons. The molecule has 0 saturated carbocycles. The number of benzene rings is 2. The van der Waals surface area contributed by atoms with Gasteiger partial charge in [-0.15, -0.1) is 11.3 Å². The maximum absolute atomic E-state index is 12.9. The van der Waals surface area contributed by atoms with Crippen molar-refractivity contribution in [1.29, 1.82) is 0 Å². The Morgan fingerprint density at radius 3 is 2.44 bits per heavy atom. The van der Waals surface area contributed by atoms with Crippen molar-refractivity contribution in [3.8, 4) is 11.1 Å². The van der Waals surface area contributed by atoms with Crippen molar-refractivity contribution in [2.45, 2.75) is 25.2 Å². The lowest BCUT2D eigenvalue weighted by Crippen LogP contribution is -2.41. The molecule has 32 heavy (non-hydrogen) atoms. The molecule has 5 rings (SSSR count). The highest BCUT2D eigenvalue weighted by Crippen LogP contribution is 2.44. The largest absolute Gasteiger partial charge is 0.476 e. The van der Waals surface area contributed by atoms with Crippen molar-refractivity contribution < 1.29 is 19.4 Å². The van der Waals surface area contributed by atoms with E-state index < -0.39 is 5.97 Å². The fourth-order valence-electron chi connectivity index (χ4n) is 4.83. The smallest absolute Gasteiger partial charge is 0.409 e. The van der Waals surface area contributed by atoms with Gasteiger partial charge < -0.3 is 14.7 Å². The van der Waals surface area contributed by atoms with E-state index in [2.05, 4.69) is 29.2 Å². The Morgan fingerprint density at radius 2 is 1.78 bits per heavy atom. The van der Waals surface area contributed by atoms with Crippen LogP contribution in [-0.2, 0) is 11.2 Å². The fourth-order valence-corrected chi connectivity index (χ4v) is 5.72. The van der Waals surface area contributed by atoms with E-state index in [1.807, 2.05) is 24.3 Å². The molecule has 6 nitrogen and oxygen atoms in total. The van der Waals surface area contributed by atoms with Crippen LogP contribution in [0.1, 0.15) is 45.4 Å². The Balaban J connectivity index is 1.22. The number of ether oxygens (including phenoxy) is 1. The van der Waals surface area contributed by atoms with Crippen LogP contribution in [0.3, 0.4) is 0 Å². The number of carbonyl (C=O) groups is 2. The minimum atomic E-state index is -1.00. The monoisotopic (exact) mass is 448 g/mol. The molecule has 1 N–H and O–H groups in total. The van der Waals surface area contributed by atoms with Gasteiger partial charge in [-0.1, -0.05) is 48.5 Å². The van der Waals surface area contributed by atoms with E-state index in [0.717, 1.165) is 17.8 Å². The Kier molecular flexibility index (Phi) is 5.66. The number of thiazole rings is 1. The highest BCUT2D eigenvalue weighted by Gasteiger charge is 2.31. The number of fused-ring (bicyclic) bond motifs is 3. The minimum absolute atomic E-state index is 0.0525. The Hall–Kier alpha value is -3.19. The van der Waals surface area contributed by atoms with Gasteiger partial charge in [-0.3, -0.25) is 0 Å². The summed E-state index contributed by atoms with van der Waals surface area (Å²) >= 11 is 1.37. The van der Waals surface area contributed by atoms with Gasteiger partial charge in [0.25, 0.3) is 0 Å². The molecule has 164 valence electrons. The Labute approximate surface area is 190 Å². The van der Waals surface area contributed by atoms with E-state index in [4.69, 9.17) is 9.84 Å². The number of aromatic nitrogens is 1. The van der Waals surface area contributed by atoms with Gasteiger partial charge >= 0.3 is 12.1 Å². The van der Waals surface area contributed by atoms with E-state index in [9.17, 15) is 9.59 Å². The number of hydrogen-bond acceptors (Lipinski definition) is 5. The SMILES string of the molecule is O=C(O)c1csc(CC2CCCN(C(=O)OCC3c4ccccc4-c4ccccc43)C2)n1. The van der Waals surface area contributed by atoms with Crippen LogP contribution in [0.5, 0.6) is 0 Å². The molecule has 1 aliphatic carbocycles. The van der Waals surface area contributed by atoms with E-state index in [1.165, 1.54) is 33.6 Å².